The van der Waals surface area contributed by atoms with Gasteiger partial charge in [-0.3, -0.25) is 9.59 Å². The number of rotatable bonds is 16. The van der Waals surface area contributed by atoms with Gasteiger partial charge in [-0.15, -0.1) is 0 Å². The van der Waals surface area contributed by atoms with Gasteiger partial charge in [0.05, 0.1) is 66.4 Å². The zero-order valence-corrected chi connectivity index (χ0v) is 14.7. The van der Waals surface area contributed by atoms with Crippen molar-refractivity contribution in [1.29, 1.82) is 0 Å². The van der Waals surface area contributed by atoms with Crippen LogP contribution in [0.25, 0.3) is 0 Å². The fraction of sp³-hybridized carbons (Fsp3) is 0.867. The largest absolute Gasteiger partial charge is 0.469 e. The average molecular weight is 371 g/mol. The Bertz CT molecular complexity index is 364. The van der Waals surface area contributed by atoms with Gasteiger partial charge in [-0.05, 0) is 0 Å². The average Bonchev–Trinajstić information content (AvgIpc) is 2.56. The van der Waals surface area contributed by atoms with Crippen molar-refractivity contribution >= 4 is 11.9 Å². The molecule has 0 aromatic heterocycles. The van der Waals surface area contributed by atoms with Crippen molar-refractivity contribution < 1.29 is 42.1 Å². The molecule has 0 aromatic rings. The maximum Gasteiger partial charge on any atom is 0.321 e. The summed E-state index contributed by atoms with van der Waals surface area (Å²) in [6.45, 7) is 3.13. The van der Waals surface area contributed by atoms with Crippen LogP contribution in [0.1, 0.15) is 13.3 Å². The van der Waals surface area contributed by atoms with Gasteiger partial charge in [0.1, 0.15) is 0 Å². The molecule has 1 N–H and O–H groups in total. The number of alkyl halides is 2. The maximum atomic E-state index is 12.5. The van der Waals surface area contributed by atoms with Gasteiger partial charge in [0.2, 0.25) is 0 Å². The Kier molecular flexibility index (Phi) is 14.1. The molecule has 0 saturated heterocycles. The second-order valence-corrected chi connectivity index (χ2v) is 4.92. The highest BCUT2D eigenvalue weighted by molar-refractivity contribution is 5.82. The predicted octanol–water partition coefficient (Wildman–Crippen LogP) is 0.387. The summed E-state index contributed by atoms with van der Waals surface area (Å²) in [7, 11) is 1.32. The summed E-state index contributed by atoms with van der Waals surface area (Å²) in [5.74, 6) is -5.02. The molecule has 0 aromatic carbocycles. The smallest absolute Gasteiger partial charge is 0.321 e. The van der Waals surface area contributed by atoms with Crippen LogP contribution in [-0.2, 0) is 33.3 Å². The minimum absolute atomic E-state index is 0.0152. The van der Waals surface area contributed by atoms with E-state index in [9.17, 15) is 18.4 Å². The van der Waals surface area contributed by atoms with Gasteiger partial charge in [-0.25, -0.2) is 0 Å². The van der Waals surface area contributed by atoms with Crippen LogP contribution in [0.2, 0.25) is 0 Å². The molecule has 148 valence electrons. The third-order valence-corrected chi connectivity index (χ3v) is 2.72. The van der Waals surface area contributed by atoms with Crippen LogP contribution in [0.5, 0.6) is 0 Å². The topological polar surface area (TPSA) is 92.3 Å². The molecule has 10 heteroatoms. The molecule has 0 spiro atoms. The number of nitrogens with one attached hydrogen (secondary N) is 1. The molecule has 1 amide bonds. The number of carbonyl (C=O) groups excluding carboxylic acids is 2. The van der Waals surface area contributed by atoms with Gasteiger partial charge in [-0.2, -0.15) is 8.78 Å². The van der Waals surface area contributed by atoms with E-state index in [0.29, 0.717) is 46.6 Å². The molecule has 0 atom stereocenters. The van der Waals surface area contributed by atoms with E-state index in [0.717, 1.165) is 0 Å². The Morgan fingerprint density at radius 3 is 1.72 bits per heavy atom. The molecule has 0 fully saturated rings. The van der Waals surface area contributed by atoms with E-state index in [1.165, 1.54) is 7.11 Å². The first-order chi connectivity index (χ1) is 11.9. The zero-order valence-electron chi connectivity index (χ0n) is 14.7. The number of hydrogen-bond acceptors (Lipinski definition) is 7. The Labute approximate surface area is 146 Å². The zero-order chi connectivity index (χ0) is 19.0. The van der Waals surface area contributed by atoms with E-state index in [-0.39, 0.29) is 32.1 Å². The molecule has 0 bridgehead atoms. The van der Waals surface area contributed by atoms with Crippen LogP contribution in [-0.4, -0.2) is 84.3 Å². The number of hydrogen-bond donors (Lipinski definition) is 1. The molecule has 0 aliphatic heterocycles. The molecule has 0 heterocycles. The second kappa shape index (κ2) is 14.9. The van der Waals surface area contributed by atoms with Gasteiger partial charge < -0.3 is 29.0 Å². The number of amides is 1. The molecule has 0 radical (unpaired) electrons. The van der Waals surface area contributed by atoms with Crippen LogP contribution in [0, 0.1) is 0 Å². The quantitative estimate of drug-likeness (QED) is 0.310. The lowest BCUT2D eigenvalue weighted by molar-refractivity contribution is -0.143. The molecular formula is C15H27F2NO7. The van der Waals surface area contributed by atoms with Gasteiger partial charge >= 0.3 is 11.9 Å². The van der Waals surface area contributed by atoms with Crippen LogP contribution < -0.4 is 5.32 Å². The SMILES string of the molecule is COC(=O)CCOCCOCCOCCOCCNC(=O)C(C)(F)F. The first kappa shape index (κ1) is 23.6. The molecule has 0 aliphatic rings. The fourth-order valence-electron chi connectivity index (χ4n) is 1.41. The lowest BCUT2D eigenvalue weighted by Crippen LogP contribution is -2.39. The monoisotopic (exact) mass is 371 g/mol. The molecule has 25 heavy (non-hydrogen) atoms. The molecule has 0 unspecified atom stereocenters. The van der Waals surface area contributed by atoms with Crippen molar-refractivity contribution in [2.24, 2.45) is 0 Å². The van der Waals surface area contributed by atoms with E-state index in [1.54, 1.807) is 0 Å². The molecule has 0 aliphatic carbocycles. The summed E-state index contributed by atoms with van der Waals surface area (Å²) >= 11 is 0. The van der Waals surface area contributed by atoms with Crippen molar-refractivity contribution in [3.05, 3.63) is 0 Å². The maximum absolute atomic E-state index is 12.5. The standard InChI is InChI=1S/C15H27F2NO7/c1-15(16,17)14(20)18-4-6-23-8-10-25-12-11-24-9-7-22-5-3-13(19)21-2/h3-12H2,1-2H3,(H,18,20). The molecule has 0 rings (SSSR count). The van der Waals surface area contributed by atoms with Crippen LogP contribution in [0.3, 0.4) is 0 Å². The van der Waals surface area contributed by atoms with Gasteiger partial charge in [-0.1, -0.05) is 0 Å². The van der Waals surface area contributed by atoms with E-state index >= 15 is 0 Å². The third kappa shape index (κ3) is 15.9. The van der Waals surface area contributed by atoms with Crippen molar-refractivity contribution in [3.63, 3.8) is 0 Å². The van der Waals surface area contributed by atoms with Crippen LogP contribution in [0.4, 0.5) is 8.78 Å². The molecule has 8 nitrogen and oxygen atoms in total. The summed E-state index contributed by atoms with van der Waals surface area (Å²) in [4.78, 5) is 21.6. The van der Waals surface area contributed by atoms with Gasteiger partial charge in [0.15, 0.2) is 0 Å². The van der Waals surface area contributed by atoms with Crippen LogP contribution >= 0.6 is 0 Å². The van der Waals surface area contributed by atoms with E-state index in [1.807, 2.05) is 0 Å². The van der Waals surface area contributed by atoms with Gasteiger partial charge in [0, 0.05) is 13.5 Å². The van der Waals surface area contributed by atoms with Crippen molar-refractivity contribution in [2.45, 2.75) is 19.3 Å². The van der Waals surface area contributed by atoms with Crippen molar-refractivity contribution in [3.8, 4) is 0 Å². The Hall–Kier alpha value is -1.36. The Morgan fingerprint density at radius 2 is 1.28 bits per heavy atom. The van der Waals surface area contributed by atoms with E-state index < -0.39 is 11.8 Å². The number of ether oxygens (including phenoxy) is 5. The minimum atomic E-state index is -3.38. The van der Waals surface area contributed by atoms with Crippen molar-refractivity contribution in [2.75, 3.05) is 66.5 Å². The lowest BCUT2D eigenvalue weighted by atomic mass is 10.3. The molecule has 0 saturated carbocycles. The first-order valence-corrected chi connectivity index (χ1v) is 7.92. The summed E-state index contributed by atoms with van der Waals surface area (Å²) in [5, 5.41) is 2.06. The van der Waals surface area contributed by atoms with Crippen LogP contribution in [0.15, 0.2) is 0 Å². The number of methoxy groups -OCH3 is 1. The normalized spacial score (nSPS) is 11.4. The summed E-state index contributed by atoms with van der Waals surface area (Å²) < 4.78 is 50.2. The number of esters is 1. The predicted molar refractivity (Wildman–Crippen MR) is 83.5 cm³/mol. The first-order valence-electron chi connectivity index (χ1n) is 7.92. The summed E-state index contributed by atoms with van der Waals surface area (Å²) in [6.07, 6.45) is 0.212. The highest BCUT2D eigenvalue weighted by Crippen LogP contribution is 2.10. The number of carbonyl (C=O) groups is 2. The van der Waals surface area contributed by atoms with Gasteiger partial charge in [0.25, 0.3) is 5.91 Å². The second-order valence-electron chi connectivity index (χ2n) is 4.92. The highest BCUT2D eigenvalue weighted by atomic mass is 19.3. The fourth-order valence-corrected chi connectivity index (χ4v) is 1.41. The summed E-state index contributed by atoms with van der Waals surface area (Å²) in [6, 6.07) is 0. The Balaban J connectivity index is 3.17. The number of halogens is 2. The molecular weight excluding hydrogens is 344 g/mol. The Morgan fingerprint density at radius 1 is 0.840 bits per heavy atom. The van der Waals surface area contributed by atoms with Crippen molar-refractivity contribution in [1.82, 2.24) is 5.32 Å². The lowest BCUT2D eigenvalue weighted by Gasteiger charge is -2.11. The highest BCUT2D eigenvalue weighted by Gasteiger charge is 2.31. The minimum Gasteiger partial charge on any atom is -0.469 e. The van der Waals surface area contributed by atoms with E-state index in [2.05, 4.69) is 10.1 Å². The van der Waals surface area contributed by atoms with E-state index in [4.69, 9.17) is 18.9 Å². The third-order valence-electron chi connectivity index (χ3n) is 2.72. The summed E-state index contributed by atoms with van der Waals surface area (Å²) in [5.41, 5.74) is 0.